The van der Waals surface area contributed by atoms with E-state index >= 15 is 0 Å². The summed E-state index contributed by atoms with van der Waals surface area (Å²) in [7, 11) is 0. The molecule has 0 aromatic heterocycles. The molecule has 0 amide bonds. The molecule has 0 radical (unpaired) electrons. The Labute approximate surface area is 331 Å². The van der Waals surface area contributed by atoms with Gasteiger partial charge in [0, 0.05) is 0 Å². The van der Waals surface area contributed by atoms with Gasteiger partial charge in [-0.1, -0.05) is 34.6 Å². The van der Waals surface area contributed by atoms with E-state index in [1.54, 1.807) is 0 Å². The first-order valence-corrected chi connectivity index (χ1v) is 21.3. The largest absolute Gasteiger partial charge is 0.394 e. The van der Waals surface area contributed by atoms with Gasteiger partial charge in [-0.25, -0.2) is 0 Å². The summed E-state index contributed by atoms with van der Waals surface area (Å²) < 4.78 is 31.2. The minimum atomic E-state index is -1.75. The van der Waals surface area contributed by atoms with Crippen molar-refractivity contribution in [3.63, 3.8) is 0 Å². The predicted molar refractivity (Wildman–Crippen MR) is 200 cm³/mol. The molecule has 21 atom stereocenters. The zero-order chi connectivity index (χ0) is 41.1. The predicted octanol–water partition coefficient (Wildman–Crippen LogP) is 1.36. The van der Waals surface area contributed by atoms with Crippen LogP contribution >= 0.6 is 0 Å². The molecule has 3 heterocycles. The number of hydrogen-bond donors (Lipinski definition) is 9. The molecular weight excluding hydrogens is 728 g/mol. The van der Waals surface area contributed by atoms with Gasteiger partial charge in [0.05, 0.1) is 42.7 Å². The molecule has 0 spiro atoms. The SMILES string of the molecule is CC1(C)O[C@](C)([C@H]2CC[C@]3(C)[C@@H]2[C@H](O)C[C@@H]2[C@@]4(C)CC[C@H](O[C@@H]5O[C@H](CO)[C@@H](O)[C@H](O)[C@H]5O[C@@H]5O[C@H](CO)[C@@H](O)[C@H](O)[C@H]5O)C(C)(C)[C@@H]4CC[C@]23C)CC[C@@H]1O. The lowest BCUT2D eigenvalue weighted by Gasteiger charge is -2.71. The van der Waals surface area contributed by atoms with Crippen molar-refractivity contribution in [2.24, 2.45) is 45.3 Å². The Morgan fingerprint density at radius 3 is 1.82 bits per heavy atom. The minimum Gasteiger partial charge on any atom is -0.394 e. The molecule has 7 rings (SSSR count). The van der Waals surface area contributed by atoms with Crippen LogP contribution in [-0.2, 0) is 23.7 Å². The van der Waals surface area contributed by atoms with Crippen LogP contribution < -0.4 is 0 Å². The van der Waals surface area contributed by atoms with Gasteiger partial charge in [0.15, 0.2) is 12.6 Å². The molecule has 0 unspecified atom stereocenters. The molecule has 14 heteroatoms. The lowest BCUT2D eigenvalue weighted by molar-refractivity contribution is -0.378. The van der Waals surface area contributed by atoms with Crippen LogP contribution in [0.5, 0.6) is 0 Å². The van der Waals surface area contributed by atoms with Crippen molar-refractivity contribution < 1.29 is 69.6 Å². The van der Waals surface area contributed by atoms with E-state index in [0.29, 0.717) is 19.3 Å². The maximum absolute atomic E-state index is 12.3. The van der Waals surface area contributed by atoms with Gasteiger partial charge in [-0.05, 0) is 124 Å². The first-order chi connectivity index (χ1) is 26.0. The Morgan fingerprint density at radius 1 is 0.589 bits per heavy atom. The highest BCUT2D eigenvalue weighted by Crippen LogP contribution is 2.76. The van der Waals surface area contributed by atoms with Gasteiger partial charge in [-0.3, -0.25) is 0 Å². The lowest BCUT2D eigenvalue weighted by Crippen LogP contribution is -2.68. The minimum absolute atomic E-state index is 0.0356. The zero-order valence-electron chi connectivity index (χ0n) is 34.7. The fraction of sp³-hybridized carbons (Fsp3) is 1.00. The molecule has 14 nitrogen and oxygen atoms in total. The summed E-state index contributed by atoms with van der Waals surface area (Å²) in [4.78, 5) is 0. The second-order valence-corrected chi connectivity index (χ2v) is 21.0. The van der Waals surface area contributed by atoms with Crippen molar-refractivity contribution in [2.45, 2.75) is 204 Å². The Hall–Kier alpha value is -0.560. The van der Waals surface area contributed by atoms with Crippen LogP contribution in [0.25, 0.3) is 0 Å². The van der Waals surface area contributed by atoms with Gasteiger partial charge < -0.3 is 69.6 Å². The second kappa shape index (κ2) is 14.8. The number of aliphatic hydroxyl groups excluding tert-OH is 9. The second-order valence-electron chi connectivity index (χ2n) is 21.0. The van der Waals surface area contributed by atoms with Crippen LogP contribution in [-0.4, -0.2) is 150 Å². The van der Waals surface area contributed by atoms with E-state index in [0.717, 1.165) is 38.5 Å². The van der Waals surface area contributed by atoms with E-state index in [2.05, 4.69) is 41.5 Å². The van der Waals surface area contributed by atoms with Crippen LogP contribution in [0.4, 0.5) is 0 Å². The topological polar surface area (TPSA) is 228 Å². The fourth-order valence-electron chi connectivity index (χ4n) is 14.2. The zero-order valence-corrected chi connectivity index (χ0v) is 34.7. The van der Waals surface area contributed by atoms with Crippen LogP contribution in [0.3, 0.4) is 0 Å². The monoisotopic (exact) mass is 800 g/mol. The number of rotatable bonds is 7. The molecule has 7 aliphatic rings. The molecule has 0 bridgehead atoms. The molecule has 4 saturated carbocycles. The normalized spacial score (nSPS) is 56.8. The molecule has 7 fully saturated rings. The molecule has 0 aromatic carbocycles. The van der Waals surface area contributed by atoms with Gasteiger partial charge >= 0.3 is 0 Å². The molecular formula is C42H72O14. The van der Waals surface area contributed by atoms with Gasteiger partial charge in [0.1, 0.15) is 48.8 Å². The van der Waals surface area contributed by atoms with Crippen LogP contribution in [0, 0.1) is 45.3 Å². The average molecular weight is 801 g/mol. The summed E-state index contributed by atoms with van der Waals surface area (Å²) in [5.41, 5.74) is -1.80. The van der Waals surface area contributed by atoms with Crippen molar-refractivity contribution in [1.82, 2.24) is 0 Å². The fourth-order valence-corrected chi connectivity index (χ4v) is 14.2. The first kappa shape index (κ1) is 43.5. The maximum atomic E-state index is 12.3. The van der Waals surface area contributed by atoms with Crippen molar-refractivity contribution in [3.05, 3.63) is 0 Å². The number of hydrogen-bond acceptors (Lipinski definition) is 14. The summed E-state index contributed by atoms with van der Waals surface area (Å²) in [5, 5.41) is 96.5. The van der Waals surface area contributed by atoms with Crippen molar-refractivity contribution >= 4 is 0 Å². The highest BCUT2D eigenvalue weighted by atomic mass is 16.8. The molecule has 3 aliphatic heterocycles. The third-order valence-electron chi connectivity index (χ3n) is 17.6. The van der Waals surface area contributed by atoms with Gasteiger partial charge in [-0.15, -0.1) is 0 Å². The van der Waals surface area contributed by atoms with Crippen molar-refractivity contribution in [3.8, 4) is 0 Å². The molecule has 324 valence electrons. The Bertz CT molecular complexity index is 1410. The standard InChI is InChI=1S/C42H72O14/c1-37(2)24-10-15-40(6)25(17-21(45)28-20(9-14-41(28,40)7)42(8)16-11-26(46)38(3,4)56-42)39(24,5)13-12-27(37)54-36-34(32(50)30(48)23(19-44)53-36)55-35-33(51)31(49)29(47)22(18-43)52-35/h20-36,43-51H,9-19H2,1-8H3/t20-,21+,22+,23+,24-,25+,26-,27-,28-,29+,30+,31-,32-,33+,34+,35-,36-,39-,40+,41+,42-/m0/s1. The Kier molecular flexibility index (Phi) is 11.5. The number of ether oxygens (including phenoxy) is 5. The van der Waals surface area contributed by atoms with E-state index in [1.807, 2.05) is 13.8 Å². The average Bonchev–Trinajstić information content (AvgIpc) is 3.52. The molecule has 56 heavy (non-hydrogen) atoms. The molecule has 0 aromatic rings. The highest BCUT2D eigenvalue weighted by molar-refractivity contribution is 5.20. The third-order valence-corrected chi connectivity index (χ3v) is 17.6. The van der Waals surface area contributed by atoms with Gasteiger partial charge in [0.25, 0.3) is 0 Å². The Morgan fingerprint density at radius 2 is 1.20 bits per heavy atom. The maximum Gasteiger partial charge on any atom is 0.187 e. The molecule has 4 aliphatic carbocycles. The summed E-state index contributed by atoms with van der Waals surface area (Å²) in [6.07, 6.45) is -9.00. The third kappa shape index (κ3) is 6.49. The van der Waals surface area contributed by atoms with E-state index in [1.165, 1.54) is 0 Å². The van der Waals surface area contributed by atoms with Crippen LogP contribution in [0.2, 0.25) is 0 Å². The van der Waals surface area contributed by atoms with E-state index in [4.69, 9.17) is 23.7 Å². The first-order valence-electron chi connectivity index (χ1n) is 21.3. The number of fused-ring (bicyclic) bond motifs is 5. The Balaban J connectivity index is 1.12. The quantitative estimate of drug-likeness (QED) is 0.166. The van der Waals surface area contributed by atoms with Crippen molar-refractivity contribution in [2.75, 3.05) is 13.2 Å². The smallest absolute Gasteiger partial charge is 0.187 e. The van der Waals surface area contributed by atoms with E-state index in [9.17, 15) is 46.0 Å². The van der Waals surface area contributed by atoms with Gasteiger partial charge in [-0.2, -0.15) is 0 Å². The van der Waals surface area contributed by atoms with Crippen LogP contribution in [0.15, 0.2) is 0 Å². The highest BCUT2D eigenvalue weighted by Gasteiger charge is 2.72. The lowest BCUT2D eigenvalue weighted by atomic mass is 9.35. The summed E-state index contributed by atoms with van der Waals surface area (Å²) in [5.74, 6) is 0.697. The number of aliphatic hydroxyl groups is 9. The van der Waals surface area contributed by atoms with Crippen LogP contribution in [0.1, 0.15) is 113 Å². The van der Waals surface area contributed by atoms with Crippen molar-refractivity contribution in [1.29, 1.82) is 0 Å². The molecule has 3 saturated heterocycles. The van der Waals surface area contributed by atoms with E-state index in [-0.39, 0.29) is 39.9 Å². The van der Waals surface area contributed by atoms with Gasteiger partial charge in [0.2, 0.25) is 0 Å². The summed E-state index contributed by atoms with van der Waals surface area (Å²) in [6, 6.07) is 0. The van der Waals surface area contributed by atoms with E-state index < -0.39 is 110 Å². The molecule has 9 N–H and O–H groups in total. The summed E-state index contributed by atoms with van der Waals surface area (Å²) >= 11 is 0. The summed E-state index contributed by atoms with van der Waals surface area (Å²) in [6.45, 7) is 16.6.